The van der Waals surface area contributed by atoms with E-state index in [0.29, 0.717) is 38.0 Å². The van der Waals surface area contributed by atoms with Gasteiger partial charge < -0.3 is 20.1 Å². The molecule has 3 unspecified atom stereocenters. The average molecular weight is 284 g/mol. The summed E-state index contributed by atoms with van der Waals surface area (Å²) in [5.41, 5.74) is -0.314. The van der Waals surface area contributed by atoms with Crippen LogP contribution in [0.2, 0.25) is 0 Å². The zero-order valence-corrected chi connectivity index (χ0v) is 12.7. The molecule has 0 aromatic heterocycles. The van der Waals surface area contributed by atoms with Gasteiger partial charge in [0.15, 0.2) is 0 Å². The normalized spacial score (nSPS) is 32.0. The van der Waals surface area contributed by atoms with Gasteiger partial charge in [-0.1, -0.05) is 6.92 Å². The Bertz CT molecular complexity index is 310. The predicted molar refractivity (Wildman–Crippen MR) is 77.6 cm³/mol. The Morgan fingerprint density at radius 2 is 2.45 bits per heavy atom. The molecule has 2 N–H and O–H groups in total. The number of rotatable bonds is 6. The van der Waals surface area contributed by atoms with E-state index in [1.54, 1.807) is 7.11 Å². The van der Waals surface area contributed by atoms with Crippen LogP contribution in [0.15, 0.2) is 0 Å². The second-order valence-corrected chi connectivity index (χ2v) is 6.25. The fraction of sp³-hybridized carbons (Fsp3) is 0.933. The molecule has 5 heteroatoms. The zero-order valence-electron chi connectivity index (χ0n) is 12.7. The first-order valence-corrected chi connectivity index (χ1v) is 7.75. The Balaban J connectivity index is 1.71. The van der Waals surface area contributed by atoms with Crippen LogP contribution in [0.4, 0.5) is 0 Å². The van der Waals surface area contributed by atoms with Crippen molar-refractivity contribution in [3.8, 4) is 0 Å². The lowest BCUT2D eigenvalue weighted by atomic mass is 9.85. The first kappa shape index (κ1) is 15.7. The lowest BCUT2D eigenvalue weighted by Crippen LogP contribution is -2.45. The molecule has 0 aliphatic carbocycles. The summed E-state index contributed by atoms with van der Waals surface area (Å²) in [6.07, 6.45) is 3.91. The molecule has 2 rings (SSSR count). The first-order chi connectivity index (χ1) is 9.65. The summed E-state index contributed by atoms with van der Waals surface area (Å²) in [6.45, 7) is 6.19. The monoisotopic (exact) mass is 284 g/mol. The van der Waals surface area contributed by atoms with Gasteiger partial charge in [-0.25, -0.2) is 0 Å². The van der Waals surface area contributed by atoms with Crippen molar-refractivity contribution in [1.82, 2.24) is 10.6 Å². The van der Waals surface area contributed by atoms with Gasteiger partial charge in [-0.05, 0) is 37.8 Å². The number of nitrogens with one attached hydrogen (secondary N) is 2. The van der Waals surface area contributed by atoms with Gasteiger partial charge in [-0.3, -0.25) is 4.79 Å². The molecule has 0 bridgehead atoms. The maximum Gasteiger partial charge on any atom is 0.220 e. The molecule has 2 saturated heterocycles. The number of carbonyl (C=O) groups excluding carboxylic acids is 1. The number of methoxy groups -OCH3 is 1. The van der Waals surface area contributed by atoms with E-state index < -0.39 is 0 Å². The van der Waals surface area contributed by atoms with Crippen molar-refractivity contribution in [2.24, 2.45) is 11.8 Å². The summed E-state index contributed by atoms with van der Waals surface area (Å²) in [6, 6.07) is 0. The molecule has 0 saturated carbocycles. The van der Waals surface area contributed by atoms with Crippen LogP contribution >= 0.6 is 0 Å². The van der Waals surface area contributed by atoms with Crippen LogP contribution in [0, 0.1) is 11.8 Å². The molecule has 2 aliphatic heterocycles. The van der Waals surface area contributed by atoms with E-state index in [2.05, 4.69) is 17.6 Å². The molecular weight excluding hydrogens is 256 g/mol. The van der Waals surface area contributed by atoms with Crippen molar-refractivity contribution >= 4 is 5.91 Å². The fourth-order valence-electron chi connectivity index (χ4n) is 3.12. The molecule has 0 aromatic carbocycles. The SMILES string of the molecule is COC1(CNC(=O)CC(C)C2CCCNC2)CCOC1. The van der Waals surface area contributed by atoms with Crippen LogP contribution in [0.3, 0.4) is 0 Å². The quantitative estimate of drug-likeness (QED) is 0.762. The van der Waals surface area contributed by atoms with E-state index >= 15 is 0 Å². The van der Waals surface area contributed by atoms with Crippen molar-refractivity contribution in [2.75, 3.05) is 40.0 Å². The average Bonchev–Trinajstić information content (AvgIpc) is 2.95. The van der Waals surface area contributed by atoms with Crippen molar-refractivity contribution in [3.63, 3.8) is 0 Å². The topological polar surface area (TPSA) is 59.6 Å². The molecule has 5 nitrogen and oxygen atoms in total. The van der Waals surface area contributed by atoms with E-state index in [1.807, 2.05) is 0 Å². The minimum Gasteiger partial charge on any atom is -0.378 e. The van der Waals surface area contributed by atoms with Gasteiger partial charge in [-0.2, -0.15) is 0 Å². The molecular formula is C15H28N2O3. The van der Waals surface area contributed by atoms with Crippen LogP contribution in [0.25, 0.3) is 0 Å². The number of ether oxygens (including phenoxy) is 2. The smallest absolute Gasteiger partial charge is 0.220 e. The maximum absolute atomic E-state index is 12.1. The standard InChI is InChI=1S/C15H28N2O3/c1-12(13-4-3-6-16-9-13)8-14(18)17-10-15(19-2)5-7-20-11-15/h12-13,16H,3-11H2,1-2H3,(H,17,18). The van der Waals surface area contributed by atoms with Crippen molar-refractivity contribution in [2.45, 2.75) is 38.2 Å². The van der Waals surface area contributed by atoms with E-state index in [-0.39, 0.29) is 11.5 Å². The molecule has 2 aliphatic rings. The van der Waals surface area contributed by atoms with Crippen LogP contribution in [-0.2, 0) is 14.3 Å². The summed E-state index contributed by atoms with van der Waals surface area (Å²) in [5.74, 6) is 1.19. The Hall–Kier alpha value is -0.650. The van der Waals surface area contributed by atoms with E-state index in [4.69, 9.17) is 9.47 Å². The minimum atomic E-state index is -0.314. The van der Waals surface area contributed by atoms with Gasteiger partial charge in [0, 0.05) is 33.1 Å². The van der Waals surface area contributed by atoms with Gasteiger partial charge in [-0.15, -0.1) is 0 Å². The Morgan fingerprint density at radius 3 is 3.05 bits per heavy atom. The lowest BCUT2D eigenvalue weighted by molar-refractivity contribution is -0.124. The van der Waals surface area contributed by atoms with Gasteiger partial charge in [0.2, 0.25) is 5.91 Å². The fourth-order valence-corrected chi connectivity index (χ4v) is 3.12. The second kappa shape index (κ2) is 7.38. The maximum atomic E-state index is 12.1. The van der Waals surface area contributed by atoms with E-state index in [9.17, 15) is 4.79 Å². The van der Waals surface area contributed by atoms with Gasteiger partial charge in [0.05, 0.1) is 6.61 Å². The van der Waals surface area contributed by atoms with Crippen LogP contribution in [0.5, 0.6) is 0 Å². The number of carbonyl (C=O) groups is 1. The van der Waals surface area contributed by atoms with Gasteiger partial charge >= 0.3 is 0 Å². The molecule has 0 aromatic rings. The molecule has 20 heavy (non-hydrogen) atoms. The van der Waals surface area contributed by atoms with E-state index in [1.165, 1.54) is 12.8 Å². The van der Waals surface area contributed by atoms with Crippen molar-refractivity contribution in [1.29, 1.82) is 0 Å². The zero-order chi connectivity index (χ0) is 14.4. The number of piperidine rings is 1. The van der Waals surface area contributed by atoms with Crippen molar-refractivity contribution in [3.05, 3.63) is 0 Å². The van der Waals surface area contributed by atoms with Crippen molar-refractivity contribution < 1.29 is 14.3 Å². The lowest BCUT2D eigenvalue weighted by Gasteiger charge is -2.29. The Kier molecular flexibility index (Phi) is 5.81. The van der Waals surface area contributed by atoms with Gasteiger partial charge in [0.1, 0.15) is 5.60 Å². The van der Waals surface area contributed by atoms with E-state index in [0.717, 1.165) is 19.5 Å². The summed E-state index contributed by atoms with van der Waals surface area (Å²) < 4.78 is 10.9. The third kappa shape index (κ3) is 4.17. The Morgan fingerprint density at radius 1 is 1.60 bits per heavy atom. The molecule has 1 amide bonds. The molecule has 0 spiro atoms. The highest BCUT2D eigenvalue weighted by molar-refractivity contribution is 5.76. The number of hydrogen-bond acceptors (Lipinski definition) is 4. The minimum absolute atomic E-state index is 0.131. The van der Waals surface area contributed by atoms with Gasteiger partial charge in [0.25, 0.3) is 0 Å². The summed E-state index contributed by atoms with van der Waals surface area (Å²) in [7, 11) is 1.69. The van der Waals surface area contributed by atoms with Crippen LogP contribution in [-0.4, -0.2) is 51.5 Å². The molecule has 116 valence electrons. The third-order valence-corrected chi connectivity index (χ3v) is 4.75. The first-order valence-electron chi connectivity index (χ1n) is 7.75. The molecule has 2 heterocycles. The highest BCUT2D eigenvalue weighted by Gasteiger charge is 2.35. The number of amides is 1. The molecule has 3 atom stereocenters. The molecule has 2 fully saturated rings. The summed E-state index contributed by atoms with van der Waals surface area (Å²) >= 11 is 0. The number of hydrogen-bond donors (Lipinski definition) is 2. The third-order valence-electron chi connectivity index (χ3n) is 4.75. The highest BCUT2D eigenvalue weighted by atomic mass is 16.5. The predicted octanol–water partition coefficient (Wildman–Crippen LogP) is 0.934. The molecule has 0 radical (unpaired) electrons. The Labute approximate surface area is 121 Å². The second-order valence-electron chi connectivity index (χ2n) is 6.25. The highest BCUT2D eigenvalue weighted by Crippen LogP contribution is 2.23. The summed E-state index contributed by atoms with van der Waals surface area (Å²) in [5, 5.41) is 6.43. The largest absolute Gasteiger partial charge is 0.378 e. The summed E-state index contributed by atoms with van der Waals surface area (Å²) in [4.78, 5) is 12.1. The van der Waals surface area contributed by atoms with Crippen LogP contribution < -0.4 is 10.6 Å². The van der Waals surface area contributed by atoms with Crippen LogP contribution in [0.1, 0.15) is 32.6 Å².